The Morgan fingerprint density at radius 1 is 1.42 bits per heavy atom. The number of nitrogens with one attached hydrogen (secondary N) is 1. The first-order chi connectivity index (χ1) is 9.16. The second-order valence-electron chi connectivity index (χ2n) is 5.44. The van der Waals surface area contributed by atoms with Crippen LogP contribution in [0.5, 0.6) is 0 Å². The van der Waals surface area contributed by atoms with Crippen LogP contribution in [0.15, 0.2) is 30.5 Å². The Balaban J connectivity index is 2.23. The fourth-order valence-electron chi connectivity index (χ4n) is 2.78. The lowest BCUT2D eigenvalue weighted by Gasteiger charge is -2.39. The number of hydrogen-bond acceptors (Lipinski definition) is 3. The van der Waals surface area contributed by atoms with Crippen molar-refractivity contribution >= 4 is 0 Å². The van der Waals surface area contributed by atoms with Crippen molar-refractivity contribution in [1.29, 1.82) is 0 Å². The van der Waals surface area contributed by atoms with Crippen LogP contribution in [0.25, 0.3) is 0 Å². The number of rotatable bonds is 6. The topological polar surface area (TPSA) is 50.8 Å². The summed E-state index contributed by atoms with van der Waals surface area (Å²) < 4.78 is 6.15. The Bertz CT molecular complexity index is 436. The van der Waals surface area contributed by atoms with Gasteiger partial charge in [-0.1, -0.05) is 31.2 Å². The molecule has 104 valence electrons. The Labute approximate surface area is 114 Å². The van der Waals surface area contributed by atoms with Gasteiger partial charge in [0.05, 0.1) is 24.1 Å². The van der Waals surface area contributed by atoms with Gasteiger partial charge in [-0.3, -0.25) is 0 Å². The maximum absolute atomic E-state index is 6.15. The van der Waals surface area contributed by atoms with E-state index in [1.807, 2.05) is 0 Å². The zero-order valence-electron chi connectivity index (χ0n) is 12.0. The smallest absolute Gasteiger partial charge is 0.0834 e. The van der Waals surface area contributed by atoms with E-state index in [-0.39, 0.29) is 17.6 Å². The predicted octanol–water partition coefficient (Wildman–Crippen LogP) is 3.05. The summed E-state index contributed by atoms with van der Waals surface area (Å²) in [5, 5.41) is 10.8. The molecule has 0 saturated carbocycles. The minimum absolute atomic E-state index is 0.00928. The van der Waals surface area contributed by atoms with Gasteiger partial charge in [0.15, 0.2) is 0 Å². The second-order valence-corrected chi connectivity index (χ2v) is 5.44. The van der Waals surface area contributed by atoms with Crippen LogP contribution in [-0.4, -0.2) is 27.6 Å². The first-order valence-corrected chi connectivity index (χ1v) is 7.01. The molecule has 0 aromatic carbocycles. The molecule has 0 spiro atoms. The van der Waals surface area contributed by atoms with E-state index in [1.54, 1.807) is 6.20 Å². The quantitative estimate of drug-likeness (QED) is 0.856. The average molecular weight is 261 g/mol. The third-order valence-corrected chi connectivity index (χ3v) is 3.60. The minimum atomic E-state index is -0.00928. The Kier molecular flexibility index (Phi) is 4.53. The number of ether oxygens (including phenoxy) is 1. The van der Waals surface area contributed by atoms with Crippen molar-refractivity contribution in [3.8, 4) is 0 Å². The molecule has 1 aromatic heterocycles. The van der Waals surface area contributed by atoms with Crippen LogP contribution in [-0.2, 0) is 11.2 Å². The maximum atomic E-state index is 6.15. The number of H-pyrrole nitrogens is 1. The lowest BCUT2D eigenvalue weighted by molar-refractivity contribution is -0.0549. The van der Waals surface area contributed by atoms with Crippen LogP contribution in [0.3, 0.4) is 0 Å². The zero-order chi connectivity index (χ0) is 13.7. The molecule has 2 rings (SSSR count). The van der Waals surface area contributed by atoms with Crippen molar-refractivity contribution in [2.75, 3.05) is 0 Å². The number of aromatic amines is 1. The van der Waals surface area contributed by atoms with E-state index in [0.29, 0.717) is 0 Å². The van der Waals surface area contributed by atoms with Gasteiger partial charge in [0.1, 0.15) is 0 Å². The van der Waals surface area contributed by atoms with E-state index < -0.39 is 0 Å². The molecule has 0 amide bonds. The molecule has 1 heterocycles. The van der Waals surface area contributed by atoms with Crippen LogP contribution in [0, 0.1) is 5.41 Å². The van der Waals surface area contributed by atoms with Crippen molar-refractivity contribution < 1.29 is 4.74 Å². The fraction of sp³-hybridized carbons (Fsp3) is 0.600. The molecule has 1 aliphatic carbocycles. The molecular formula is C15H23N3O. The number of nitrogens with zero attached hydrogens (tertiary/aromatic N) is 2. The molecule has 0 aliphatic heterocycles. The van der Waals surface area contributed by atoms with Crippen LogP contribution >= 0.6 is 0 Å². The molecule has 4 heteroatoms. The second kappa shape index (κ2) is 6.15. The van der Waals surface area contributed by atoms with Gasteiger partial charge >= 0.3 is 0 Å². The van der Waals surface area contributed by atoms with Gasteiger partial charge in [-0.15, -0.1) is 0 Å². The standard InChI is InChI=1S/C15H23N3O/c1-4-14(19-12(2)3)15(8-6-5-7-9-15)10-13-11-16-18-17-13/h5-8,11-12,14H,4,9-10H2,1-3H3,(H,16,17,18). The van der Waals surface area contributed by atoms with Crippen LogP contribution in [0.1, 0.15) is 39.3 Å². The predicted molar refractivity (Wildman–Crippen MR) is 75.7 cm³/mol. The first kappa shape index (κ1) is 14.0. The third kappa shape index (κ3) is 3.32. The van der Waals surface area contributed by atoms with E-state index in [9.17, 15) is 0 Å². The van der Waals surface area contributed by atoms with Gasteiger partial charge in [0.25, 0.3) is 0 Å². The van der Waals surface area contributed by atoms with Gasteiger partial charge in [0, 0.05) is 11.8 Å². The summed E-state index contributed by atoms with van der Waals surface area (Å²) in [6.45, 7) is 6.37. The average Bonchev–Trinajstić information content (AvgIpc) is 2.89. The SMILES string of the molecule is CCC(OC(C)C)C1(Cc2cn[nH]n2)C=CC=CC1. The molecular weight excluding hydrogens is 238 g/mol. The summed E-state index contributed by atoms with van der Waals surface area (Å²) in [5.41, 5.74) is 0.982. The lowest BCUT2D eigenvalue weighted by Crippen LogP contribution is -2.39. The van der Waals surface area contributed by atoms with E-state index in [1.165, 1.54) is 0 Å². The van der Waals surface area contributed by atoms with Crippen molar-refractivity contribution in [1.82, 2.24) is 15.4 Å². The minimum Gasteiger partial charge on any atom is -0.375 e. The Morgan fingerprint density at radius 2 is 2.26 bits per heavy atom. The number of allylic oxidation sites excluding steroid dienone is 3. The van der Waals surface area contributed by atoms with E-state index >= 15 is 0 Å². The van der Waals surface area contributed by atoms with Crippen LogP contribution < -0.4 is 0 Å². The van der Waals surface area contributed by atoms with Crippen LogP contribution in [0.2, 0.25) is 0 Å². The van der Waals surface area contributed by atoms with Crippen molar-refractivity contribution in [2.45, 2.75) is 52.2 Å². The Hall–Kier alpha value is -1.42. The van der Waals surface area contributed by atoms with E-state index in [2.05, 4.69) is 60.5 Å². The molecule has 0 fully saturated rings. The van der Waals surface area contributed by atoms with E-state index in [4.69, 9.17) is 4.74 Å². The van der Waals surface area contributed by atoms with Gasteiger partial charge in [-0.2, -0.15) is 15.4 Å². The van der Waals surface area contributed by atoms with Crippen molar-refractivity contribution in [3.05, 3.63) is 36.2 Å². The summed E-state index contributed by atoms with van der Waals surface area (Å²) in [4.78, 5) is 0. The molecule has 1 aromatic rings. The molecule has 2 atom stereocenters. The largest absolute Gasteiger partial charge is 0.375 e. The zero-order valence-corrected chi connectivity index (χ0v) is 12.0. The summed E-state index contributed by atoms with van der Waals surface area (Å²) in [6, 6.07) is 0. The highest BCUT2D eigenvalue weighted by molar-refractivity contribution is 5.21. The van der Waals surface area contributed by atoms with Crippen molar-refractivity contribution in [2.24, 2.45) is 5.41 Å². The highest BCUT2D eigenvalue weighted by atomic mass is 16.5. The van der Waals surface area contributed by atoms with Gasteiger partial charge in [-0.05, 0) is 26.7 Å². The van der Waals surface area contributed by atoms with Gasteiger partial charge < -0.3 is 4.74 Å². The maximum Gasteiger partial charge on any atom is 0.0834 e. The van der Waals surface area contributed by atoms with Crippen LogP contribution in [0.4, 0.5) is 0 Å². The highest BCUT2D eigenvalue weighted by Gasteiger charge is 2.37. The molecule has 1 N–H and O–H groups in total. The van der Waals surface area contributed by atoms with Gasteiger partial charge in [0.2, 0.25) is 0 Å². The highest BCUT2D eigenvalue weighted by Crippen LogP contribution is 2.38. The summed E-state index contributed by atoms with van der Waals surface area (Å²) in [5.74, 6) is 0. The lowest BCUT2D eigenvalue weighted by atomic mass is 9.72. The normalized spacial score (nSPS) is 24.0. The fourth-order valence-corrected chi connectivity index (χ4v) is 2.78. The Morgan fingerprint density at radius 3 is 2.79 bits per heavy atom. The summed E-state index contributed by atoms with van der Waals surface area (Å²) in [6.07, 6.45) is 13.8. The molecule has 0 radical (unpaired) electrons. The molecule has 0 bridgehead atoms. The monoisotopic (exact) mass is 261 g/mol. The molecule has 2 unspecified atom stereocenters. The first-order valence-electron chi connectivity index (χ1n) is 7.01. The van der Waals surface area contributed by atoms with Gasteiger partial charge in [-0.25, -0.2) is 0 Å². The van der Waals surface area contributed by atoms with Crippen molar-refractivity contribution in [3.63, 3.8) is 0 Å². The molecule has 1 aliphatic rings. The summed E-state index contributed by atoms with van der Waals surface area (Å²) in [7, 11) is 0. The number of aromatic nitrogens is 3. The molecule has 4 nitrogen and oxygen atoms in total. The van der Waals surface area contributed by atoms with E-state index in [0.717, 1.165) is 25.0 Å². The third-order valence-electron chi connectivity index (χ3n) is 3.60. The number of hydrogen-bond donors (Lipinski definition) is 1. The molecule has 0 saturated heterocycles. The summed E-state index contributed by atoms with van der Waals surface area (Å²) >= 11 is 0. The molecule has 19 heavy (non-hydrogen) atoms.